The number of anilines is 1. The first-order chi connectivity index (χ1) is 15.1. The first-order valence-corrected chi connectivity index (χ1v) is 10.2. The number of nitrogens with zero attached hydrogens (tertiary/aromatic N) is 2. The van der Waals surface area contributed by atoms with Gasteiger partial charge in [-0.05, 0) is 84.1 Å². The minimum atomic E-state index is -0.250. The zero-order valence-corrected chi connectivity index (χ0v) is 17.5. The van der Waals surface area contributed by atoms with Gasteiger partial charge in [0.25, 0.3) is 5.91 Å². The van der Waals surface area contributed by atoms with Crippen molar-refractivity contribution in [3.63, 3.8) is 0 Å². The average Bonchev–Trinajstić information content (AvgIpc) is 3.40. The Morgan fingerprint density at radius 1 is 0.935 bits per heavy atom. The van der Waals surface area contributed by atoms with E-state index in [1.54, 1.807) is 6.21 Å². The number of hydrazone groups is 1. The van der Waals surface area contributed by atoms with Crippen LogP contribution in [0.3, 0.4) is 0 Å². The van der Waals surface area contributed by atoms with E-state index in [9.17, 15) is 4.79 Å². The molecule has 0 bridgehead atoms. The summed E-state index contributed by atoms with van der Waals surface area (Å²) in [5.41, 5.74) is 10.5. The van der Waals surface area contributed by atoms with Crippen LogP contribution < -0.4 is 19.8 Å². The van der Waals surface area contributed by atoms with Gasteiger partial charge in [-0.2, -0.15) is 5.10 Å². The third kappa shape index (κ3) is 3.84. The van der Waals surface area contributed by atoms with Crippen LogP contribution in [0, 0.1) is 13.8 Å². The molecule has 0 saturated carbocycles. The van der Waals surface area contributed by atoms with Gasteiger partial charge in [-0.3, -0.25) is 4.79 Å². The van der Waals surface area contributed by atoms with Crippen molar-refractivity contribution in [3.05, 3.63) is 88.0 Å². The maximum absolute atomic E-state index is 12.4. The van der Waals surface area contributed by atoms with Crippen LogP contribution in [0.1, 0.15) is 38.2 Å². The Morgan fingerprint density at radius 2 is 1.61 bits per heavy atom. The van der Waals surface area contributed by atoms with Crippen molar-refractivity contribution in [1.82, 2.24) is 5.43 Å². The molecule has 0 aliphatic carbocycles. The molecule has 5 rings (SSSR count). The molecule has 156 valence electrons. The van der Waals surface area contributed by atoms with Crippen LogP contribution in [0.5, 0.6) is 11.5 Å². The van der Waals surface area contributed by atoms with Crippen LogP contribution in [0.25, 0.3) is 0 Å². The Balaban J connectivity index is 1.21. The molecule has 0 saturated heterocycles. The Kier molecular flexibility index (Phi) is 4.82. The molecule has 6 nitrogen and oxygen atoms in total. The minimum Gasteiger partial charge on any atom is -0.454 e. The third-order valence-electron chi connectivity index (χ3n) is 5.81. The molecule has 6 heteroatoms. The Hall–Kier alpha value is -3.80. The van der Waals surface area contributed by atoms with E-state index in [4.69, 9.17) is 9.47 Å². The molecule has 3 aromatic rings. The lowest BCUT2D eigenvalue weighted by molar-refractivity contribution is 0.0955. The summed E-state index contributed by atoms with van der Waals surface area (Å²) in [6.07, 6.45) is 1.58. The zero-order chi connectivity index (χ0) is 21.4. The molecule has 0 fully saturated rings. The number of carbonyl (C=O) groups excluding carboxylic acids is 1. The van der Waals surface area contributed by atoms with E-state index in [1.165, 1.54) is 22.3 Å². The standard InChI is InChI=1S/C25H23N3O3/c1-16-9-20-13-28(14-21(20)10-17(16)2)22-6-4-19(5-7-22)25(29)27-26-12-18-3-8-23-24(11-18)31-15-30-23/h3-12H,13-15H2,1-2H3,(H,27,29)/b26-12-. The maximum atomic E-state index is 12.4. The summed E-state index contributed by atoms with van der Waals surface area (Å²) in [5, 5.41) is 4.06. The van der Waals surface area contributed by atoms with Crippen LogP contribution in [-0.2, 0) is 13.1 Å². The molecule has 1 amide bonds. The number of aryl methyl sites for hydroxylation is 2. The van der Waals surface area contributed by atoms with Gasteiger partial charge in [0, 0.05) is 24.3 Å². The molecule has 31 heavy (non-hydrogen) atoms. The van der Waals surface area contributed by atoms with E-state index < -0.39 is 0 Å². The highest BCUT2D eigenvalue weighted by Gasteiger charge is 2.20. The summed E-state index contributed by atoms with van der Waals surface area (Å²) < 4.78 is 10.6. The van der Waals surface area contributed by atoms with E-state index in [0.29, 0.717) is 17.1 Å². The molecule has 1 N–H and O–H groups in total. The highest BCUT2D eigenvalue weighted by Crippen LogP contribution is 2.32. The van der Waals surface area contributed by atoms with Gasteiger partial charge in [0.1, 0.15) is 0 Å². The van der Waals surface area contributed by atoms with Crippen molar-refractivity contribution >= 4 is 17.8 Å². The number of hydrogen-bond acceptors (Lipinski definition) is 5. The molecule has 0 spiro atoms. The predicted octanol–water partition coefficient (Wildman–Crippen LogP) is 4.32. The van der Waals surface area contributed by atoms with Gasteiger partial charge < -0.3 is 14.4 Å². The first-order valence-electron chi connectivity index (χ1n) is 10.2. The molecule has 2 aliphatic rings. The summed E-state index contributed by atoms with van der Waals surface area (Å²) in [6.45, 7) is 6.32. The second-order valence-corrected chi connectivity index (χ2v) is 7.92. The van der Waals surface area contributed by atoms with E-state index >= 15 is 0 Å². The molecule has 0 aromatic heterocycles. The molecule has 2 aliphatic heterocycles. The number of amides is 1. The molecule has 3 aromatic carbocycles. The molecule has 0 unspecified atom stereocenters. The zero-order valence-electron chi connectivity index (χ0n) is 17.5. The normalized spacial score (nSPS) is 14.2. The fourth-order valence-corrected chi connectivity index (χ4v) is 3.93. The lowest BCUT2D eigenvalue weighted by Crippen LogP contribution is -2.18. The van der Waals surface area contributed by atoms with Gasteiger partial charge >= 0.3 is 0 Å². The topological polar surface area (TPSA) is 63.2 Å². The number of nitrogens with one attached hydrogen (secondary N) is 1. The monoisotopic (exact) mass is 413 g/mol. The third-order valence-corrected chi connectivity index (χ3v) is 5.81. The van der Waals surface area contributed by atoms with E-state index in [0.717, 1.165) is 24.3 Å². The van der Waals surface area contributed by atoms with E-state index in [1.807, 2.05) is 42.5 Å². The van der Waals surface area contributed by atoms with E-state index in [2.05, 4.69) is 41.4 Å². The second kappa shape index (κ2) is 7.80. The van der Waals surface area contributed by atoms with Gasteiger partial charge in [-0.1, -0.05) is 12.1 Å². The van der Waals surface area contributed by atoms with Crippen molar-refractivity contribution in [2.75, 3.05) is 11.7 Å². The van der Waals surface area contributed by atoms with Gasteiger partial charge in [-0.15, -0.1) is 0 Å². The molecule has 2 heterocycles. The van der Waals surface area contributed by atoms with Gasteiger partial charge in [0.05, 0.1) is 6.21 Å². The van der Waals surface area contributed by atoms with Crippen molar-refractivity contribution in [2.45, 2.75) is 26.9 Å². The number of hydrogen-bond donors (Lipinski definition) is 1. The molecular weight excluding hydrogens is 390 g/mol. The SMILES string of the molecule is Cc1cc2c(cc1C)CN(c1ccc(C(=O)N/N=C\c3ccc4c(c3)OCO4)cc1)C2. The van der Waals surface area contributed by atoms with Crippen LogP contribution in [-0.4, -0.2) is 18.9 Å². The Bertz CT molecular complexity index is 1150. The summed E-state index contributed by atoms with van der Waals surface area (Å²) >= 11 is 0. The van der Waals surface area contributed by atoms with Crippen molar-refractivity contribution in [1.29, 1.82) is 0 Å². The fourth-order valence-electron chi connectivity index (χ4n) is 3.93. The Labute approximate surface area is 181 Å². The highest BCUT2D eigenvalue weighted by atomic mass is 16.7. The molecule has 0 radical (unpaired) electrons. The van der Waals surface area contributed by atoms with Crippen LogP contribution in [0.2, 0.25) is 0 Å². The fraction of sp³-hybridized carbons (Fsp3) is 0.200. The van der Waals surface area contributed by atoms with Crippen molar-refractivity contribution in [3.8, 4) is 11.5 Å². The first kappa shape index (κ1) is 19.2. The van der Waals surface area contributed by atoms with Crippen LogP contribution >= 0.6 is 0 Å². The van der Waals surface area contributed by atoms with Crippen molar-refractivity contribution in [2.24, 2.45) is 5.10 Å². The summed E-state index contributed by atoms with van der Waals surface area (Å²) in [7, 11) is 0. The summed E-state index contributed by atoms with van der Waals surface area (Å²) in [5.74, 6) is 1.15. The predicted molar refractivity (Wildman–Crippen MR) is 120 cm³/mol. The maximum Gasteiger partial charge on any atom is 0.271 e. The smallest absolute Gasteiger partial charge is 0.271 e. The van der Waals surface area contributed by atoms with Gasteiger partial charge in [-0.25, -0.2) is 5.43 Å². The largest absolute Gasteiger partial charge is 0.454 e. The lowest BCUT2D eigenvalue weighted by atomic mass is 10.0. The van der Waals surface area contributed by atoms with Gasteiger partial charge in [0.15, 0.2) is 11.5 Å². The van der Waals surface area contributed by atoms with Crippen molar-refractivity contribution < 1.29 is 14.3 Å². The molecular formula is C25H23N3O3. The lowest BCUT2D eigenvalue weighted by Gasteiger charge is -2.17. The number of ether oxygens (including phenoxy) is 2. The quantitative estimate of drug-likeness (QED) is 0.511. The Morgan fingerprint density at radius 3 is 2.32 bits per heavy atom. The van der Waals surface area contributed by atoms with E-state index in [-0.39, 0.29) is 12.7 Å². The minimum absolute atomic E-state index is 0.228. The number of rotatable bonds is 4. The number of carbonyl (C=O) groups is 1. The summed E-state index contributed by atoms with van der Waals surface area (Å²) in [6, 6.07) is 17.7. The van der Waals surface area contributed by atoms with Crippen LogP contribution in [0.15, 0.2) is 59.7 Å². The molecule has 0 atom stereocenters. The average molecular weight is 413 g/mol. The van der Waals surface area contributed by atoms with Crippen LogP contribution in [0.4, 0.5) is 5.69 Å². The highest BCUT2D eigenvalue weighted by molar-refractivity contribution is 5.95. The summed E-state index contributed by atoms with van der Waals surface area (Å²) in [4.78, 5) is 14.7. The second-order valence-electron chi connectivity index (χ2n) is 7.92. The number of benzene rings is 3. The number of fused-ring (bicyclic) bond motifs is 2. The van der Waals surface area contributed by atoms with Gasteiger partial charge in [0.2, 0.25) is 6.79 Å².